The van der Waals surface area contributed by atoms with Crippen molar-refractivity contribution in [3.8, 4) is 0 Å². The van der Waals surface area contributed by atoms with E-state index in [0.717, 1.165) is 13.0 Å². The monoisotopic (exact) mass is 274 g/mol. The molecule has 0 saturated heterocycles. The molecule has 20 heavy (non-hydrogen) atoms. The Hall–Kier alpha value is -1.72. The van der Waals surface area contributed by atoms with E-state index >= 15 is 0 Å². The molecule has 108 valence electrons. The number of aromatic amines is 1. The molecule has 0 bridgehead atoms. The van der Waals surface area contributed by atoms with Gasteiger partial charge in [0.2, 0.25) is 0 Å². The highest BCUT2D eigenvalue weighted by Gasteiger charge is 2.02. The molecule has 5 heteroatoms. The van der Waals surface area contributed by atoms with Crippen molar-refractivity contribution in [2.45, 2.75) is 40.0 Å². The van der Waals surface area contributed by atoms with Gasteiger partial charge in [-0.15, -0.1) is 0 Å². The van der Waals surface area contributed by atoms with E-state index in [1.54, 1.807) is 0 Å². The van der Waals surface area contributed by atoms with Crippen molar-refractivity contribution in [1.29, 1.82) is 0 Å². The number of rotatable bonds is 7. The molecule has 1 aromatic heterocycles. The topological polar surface area (TPSA) is 73.8 Å². The third kappa shape index (κ3) is 4.43. The van der Waals surface area contributed by atoms with Crippen LogP contribution in [-0.2, 0) is 26.1 Å². The zero-order chi connectivity index (χ0) is 14.4. The standard InChI is InChI=1S/C15H22N4O/c1-11(2)7-12-3-5-13(6-4-12)8-16-9-14-17-15(10-20)19-18-14/h3-6,11,16,20H,7-10H2,1-2H3,(H,17,18,19). The van der Waals surface area contributed by atoms with Gasteiger partial charge in [0, 0.05) is 6.54 Å². The van der Waals surface area contributed by atoms with Crippen LogP contribution in [0.1, 0.15) is 36.6 Å². The van der Waals surface area contributed by atoms with Crippen molar-refractivity contribution < 1.29 is 5.11 Å². The van der Waals surface area contributed by atoms with Gasteiger partial charge in [0.05, 0.1) is 6.54 Å². The lowest BCUT2D eigenvalue weighted by molar-refractivity contribution is 0.271. The molecule has 3 N–H and O–H groups in total. The molecule has 0 unspecified atom stereocenters. The largest absolute Gasteiger partial charge is 0.388 e. The first-order valence-electron chi connectivity index (χ1n) is 6.97. The average molecular weight is 274 g/mol. The summed E-state index contributed by atoms with van der Waals surface area (Å²) >= 11 is 0. The summed E-state index contributed by atoms with van der Waals surface area (Å²) in [6, 6.07) is 8.69. The number of hydrogen-bond donors (Lipinski definition) is 3. The van der Waals surface area contributed by atoms with Gasteiger partial charge in [-0.2, -0.15) is 5.10 Å². The fraction of sp³-hybridized carbons (Fsp3) is 0.467. The molecule has 0 radical (unpaired) electrons. The van der Waals surface area contributed by atoms with Gasteiger partial charge in [-0.3, -0.25) is 5.10 Å². The summed E-state index contributed by atoms with van der Waals surface area (Å²) in [7, 11) is 0. The van der Waals surface area contributed by atoms with E-state index in [1.165, 1.54) is 11.1 Å². The number of nitrogens with zero attached hydrogens (tertiary/aromatic N) is 2. The Bertz CT molecular complexity index is 519. The highest BCUT2D eigenvalue weighted by atomic mass is 16.3. The molecule has 0 amide bonds. The molecule has 0 aliphatic carbocycles. The van der Waals surface area contributed by atoms with Gasteiger partial charge in [0.15, 0.2) is 5.82 Å². The van der Waals surface area contributed by atoms with E-state index in [2.05, 4.69) is 58.6 Å². The van der Waals surface area contributed by atoms with E-state index in [-0.39, 0.29) is 6.61 Å². The number of aromatic nitrogens is 3. The average Bonchev–Trinajstić information content (AvgIpc) is 2.88. The fourth-order valence-electron chi connectivity index (χ4n) is 2.07. The second-order valence-electron chi connectivity index (χ2n) is 5.37. The van der Waals surface area contributed by atoms with Gasteiger partial charge >= 0.3 is 0 Å². The van der Waals surface area contributed by atoms with E-state index < -0.39 is 0 Å². The van der Waals surface area contributed by atoms with Crippen LogP contribution in [0.2, 0.25) is 0 Å². The smallest absolute Gasteiger partial charge is 0.164 e. The van der Waals surface area contributed by atoms with E-state index in [9.17, 15) is 0 Å². The molecule has 2 aromatic rings. The summed E-state index contributed by atoms with van der Waals surface area (Å²) in [5.74, 6) is 1.86. The summed E-state index contributed by atoms with van der Waals surface area (Å²) in [6.07, 6.45) is 1.12. The predicted octanol–water partition coefficient (Wildman–Crippen LogP) is 1.79. The minimum atomic E-state index is -0.107. The quantitative estimate of drug-likeness (QED) is 0.719. The molecule has 0 atom stereocenters. The molecule has 1 aromatic carbocycles. The Kier molecular flexibility index (Phi) is 5.26. The molecule has 1 heterocycles. The molecular formula is C15H22N4O. The highest BCUT2D eigenvalue weighted by molar-refractivity contribution is 5.22. The zero-order valence-electron chi connectivity index (χ0n) is 12.1. The molecule has 0 spiro atoms. The summed E-state index contributed by atoms with van der Waals surface area (Å²) in [4.78, 5) is 4.13. The number of aliphatic hydroxyl groups is 1. The number of nitrogens with one attached hydrogen (secondary N) is 2. The summed E-state index contributed by atoms with van der Waals surface area (Å²) in [5.41, 5.74) is 2.63. The maximum absolute atomic E-state index is 8.89. The first-order chi connectivity index (χ1) is 9.67. The molecule has 2 rings (SSSR count). The SMILES string of the molecule is CC(C)Cc1ccc(CNCc2n[nH]c(CO)n2)cc1. The van der Waals surface area contributed by atoms with Gasteiger partial charge in [-0.1, -0.05) is 38.1 Å². The van der Waals surface area contributed by atoms with Crippen molar-refractivity contribution in [3.63, 3.8) is 0 Å². The Labute approximate surface area is 119 Å². The Morgan fingerprint density at radius 3 is 2.45 bits per heavy atom. The Balaban J connectivity index is 1.79. The van der Waals surface area contributed by atoms with Gasteiger partial charge in [-0.05, 0) is 23.5 Å². The minimum Gasteiger partial charge on any atom is -0.388 e. The zero-order valence-corrected chi connectivity index (χ0v) is 12.1. The minimum absolute atomic E-state index is 0.107. The van der Waals surface area contributed by atoms with Crippen molar-refractivity contribution >= 4 is 0 Å². The molecule has 5 nitrogen and oxygen atoms in total. The summed E-state index contributed by atoms with van der Waals surface area (Å²) < 4.78 is 0. The van der Waals surface area contributed by atoms with E-state index in [4.69, 9.17) is 5.11 Å². The molecule has 0 aliphatic rings. The third-order valence-corrected chi connectivity index (χ3v) is 3.01. The number of benzene rings is 1. The van der Waals surface area contributed by atoms with Crippen LogP contribution in [0, 0.1) is 5.92 Å². The second-order valence-corrected chi connectivity index (χ2v) is 5.37. The maximum atomic E-state index is 8.89. The van der Waals surface area contributed by atoms with Crippen LogP contribution < -0.4 is 5.32 Å². The number of hydrogen-bond acceptors (Lipinski definition) is 4. The predicted molar refractivity (Wildman–Crippen MR) is 77.8 cm³/mol. The third-order valence-electron chi connectivity index (χ3n) is 3.01. The van der Waals surface area contributed by atoms with Crippen LogP contribution in [0.4, 0.5) is 0 Å². The van der Waals surface area contributed by atoms with Crippen molar-refractivity contribution in [2.24, 2.45) is 5.92 Å². The van der Waals surface area contributed by atoms with Crippen LogP contribution in [0.15, 0.2) is 24.3 Å². The van der Waals surface area contributed by atoms with E-state index in [0.29, 0.717) is 24.1 Å². The van der Waals surface area contributed by atoms with Gasteiger partial charge in [0.25, 0.3) is 0 Å². The van der Waals surface area contributed by atoms with Crippen LogP contribution in [-0.4, -0.2) is 20.3 Å². The van der Waals surface area contributed by atoms with Crippen LogP contribution in [0.5, 0.6) is 0 Å². The van der Waals surface area contributed by atoms with Gasteiger partial charge < -0.3 is 10.4 Å². The Morgan fingerprint density at radius 1 is 1.15 bits per heavy atom. The second kappa shape index (κ2) is 7.17. The lowest BCUT2D eigenvalue weighted by atomic mass is 10.0. The van der Waals surface area contributed by atoms with Crippen LogP contribution in [0.3, 0.4) is 0 Å². The van der Waals surface area contributed by atoms with E-state index in [1.807, 2.05) is 0 Å². The molecule has 0 saturated carbocycles. The first-order valence-corrected chi connectivity index (χ1v) is 6.97. The van der Waals surface area contributed by atoms with Gasteiger partial charge in [-0.25, -0.2) is 4.98 Å². The van der Waals surface area contributed by atoms with Crippen LogP contribution >= 0.6 is 0 Å². The molecular weight excluding hydrogens is 252 g/mol. The van der Waals surface area contributed by atoms with Crippen molar-refractivity contribution in [1.82, 2.24) is 20.5 Å². The number of H-pyrrole nitrogens is 1. The summed E-state index contributed by atoms with van der Waals surface area (Å²) in [6.45, 7) is 5.72. The van der Waals surface area contributed by atoms with Crippen molar-refractivity contribution in [2.75, 3.05) is 0 Å². The lowest BCUT2D eigenvalue weighted by Gasteiger charge is -2.07. The molecule has 0 aliphatic heterocycles. The van der Waals surface area contributed by atoms with Crippen LogP contribution in [0.25, 0.3) is 0 Å². The fourth-order valence-corrected chi connectivity index (χ4v) is 2.07. The maximum Gasteiger partial charge on any atom is 0.164 e. The summed E-state index contributed by atoms with van der Waals surface area (Å²) in [5, 5.41) is 18.9. The lowest BCUT2D eigenvalue weighted by Crippen LogP contribution is -2.13. The van der Waals surface area contributed by atoms with Crippen molar-refractivity contribution in [3.05, 3.63) is 47.0 Å². The number of aliphatic hydroxyl groups excluding tert-OH is 1. The Morgan fingerprint density at radius 2 is 1.85 bits per heavy atom. The highest BCUT2D eigenvalue weighted by Crippen LogP contribution is 2.09. The molecule has 0 fully saturated rings. The normalized spacial score (nSPS) is 11.2. The first kappa shape index (κ1) is 14.7. The van der Waals surface area contributed by atoms with Gasteiger partial charge in [0.1, 0.15) is 12.4 Å².